The smallest absolute Gasteiger partial charge is 0.169 e. The summed E-state index contributed by atoms with van der Waals surface area (Å²) in [6.07, 6.45) is 4.94. The van der Waals surface area contributed by atoms with Gasteiger partial charge in [-0.25, -0.2) is 15.0 Å². The first-order chi connectivity index (χ1) is 7.24. The molecular formula is C8H9BrN6. The van der Waals surface area contributed by atoms with Crippen molar-refractivity contribution in [1.82, 2.24) is 24.7 Å². The van der Waals surface area contributed by atoms with Crippen molar-refractivity contribution in [3.05, 3.63) is 29.1 Å². The average molecular weight is 269 g/mol. The van der Waals surface area contributed by atoms with Crippen LogP contribution in [0.3, 0.4) is 0 Å². The molecule has 0 aliphatic heterocycles. The molecular weight excluding hydrogens is 260 g/mol. The highest BCUT2D eigenvalue weighted by molar-refractivity contribution is 9.10. The Morgan fingerprint density at radius 2 is 2.20 bits per heavy atom. The molecule has 0 amide bonds. The number of rotatable bonds is 3. The Morgan fingerprint density at radius 3 is 2.80 bits per heavy atom. The lowest BCUT2D eigenvalue weighted by molar-refractivity contribution is 0.747. The van der Waals surface area contributed by atoms with Crippen LogP contribution in [0.25, 0.3) is 0 Å². The van der Waals surface area contributed by atoms with E-state index in [1.807, 2.05) is 7.05 Å². The van der Waals surface area contributed by atoms with Gasteiger partial charge in [0.25, 0.3) is 0 Å². The number of halogens is 1. The van der Waals surface area contributed by atoms with Crippen LogP contribution in [-0.2, 0) is 13.6 Å². The van der Waals surface area contributed by atoms with Gasteiger partial charge in [-0.05, 0) is 15.9 Å². The number of nitrogens with one attached hydrogen (secondary N) is 1. The summed E-state index contributed by atoms with van der Waals surface area (Å²) in [7, 11) is 1.83. The Morgan fingerprint density at radius 1 is 1.33 bits per heavy atom. The molecule has 0 atom stereocenters. The van der Waals surface area contributed by atoms with Crippen LogP contribution in [-0.4, -0.2) is 24.7 Å². The van der Waals surface area contributed by atoms with Gasteiger partial charge in [-0.15, -0.1) is 0 Å². The summed E-state index contributed by atoms with van der Waals surface area (Å²) in [5.41, 5.74) is 0. The molecule has 0 aromatic carbocycles. The Kier molecular flexibility index (Phi) is 2.91. The number of aryl methyl sites for hydroxylation is 1. The van der Waals surface area contributed by atoms with Crippen LogP contribution >= 0.6 is 15.9 Å². The lowest BCUT2D eigenvalue weighted by Gasteiger charge is -2.01. The van der Waals surface area contributed by atoms with Crippen molar-refractivity contribution in [2.75, 3.05) is 5.32 Å². The molecule has 0 aliphatic carbocycles. The minimum Gasteiger partial charge on any atom is -0.361 e. The molecule has 0 radical (unpaired) electrons. The van der Waals surface area contributed by atoms with Gasteiger partial charge in [-0.3, -0.25) is 4.68 Å². The molecule has 0 unspecified atom stereocenters. The van der Waals surface area contributed by atoms with Gasteiger partial charge in [-0.2, -0.15) is 5.10 Å². The van der Waals surface area contributed by atoms with Crippen LogP contribution in [0.15, 0.2) is 23.3 Å². The summed E-state index contributed by atoms with van der Waals surface area (Å²) in [6.45, 7) is 0.539. The van der Waals surface area contributed by atoms with Crippen molar-refractivity contribution in [3.63, 3.8) is 0 Å². The second-order valence-corrected chi connectivity index (χ2v) is 3.72. The fourth-order valence-electron chi connectivity index (χ4n) is 1.04. The van der Waals surface area contributed by atoms with E-state index in [-0.39, 0.29) is 0 Å². The van der Waals surface area contributed by atoms with Gasteiger partial charge in [0.15, 0.2) is 5.82 Å². The lowest BCUT2D eigenvalue weighted by Crippen LogP contribution is -2.04. The van der Waals surface area contributed by atoms with Crippen LogP contribution in [0, 0.1) is 0 Å². The molecule has 15 heavy (non-hydrogen) atoms. The topological polar surface area (TPSA) is 68.5 Å². The second-order valence-electron chi connectivity index (χ2n) is 2.91. The number of aromatic nitrogens is 5. The maximum absolute atomic E-state index is 4.13. The van der Waals surface area contributed by atoms with E-state index in [0.717, 1.165) is 5.82 Å². The largest absolute Gasteiger partial charge is 0.361 e. The van der Waals surface area contributed by atoms with Crippen molar-refractivity contribution in [3.8, 4) is 0 Å². The molecule has 2 rings (SSSR count). The Hall–Kier alpha value is -1.50. The molecule has 1 N–H and O–H groups in total. The summed E-state index contributed by atoms with van der Waals surface area (Å²) in [4.78, 5) is 12.2. The van der Waals surface area contributed by atoms with E-state index in [9.17, 15) is 0 Å². The van der Waals surface area contributed by atoms with Crippen LogP contribution in [0.1, 0.15) is 5.82 Å². The van der Waals surface area contributed by atoms with Crippen molar-refractivity contribution < 1.29 is 0 Å². The Balaban J connectivity index is 1.96. The first-order valence-corrected chi connectivity index (χ1v) is 5.09. The molecule has 2 aromatic rings. The molecule has 2 heterocycles. The van der Waals surface area contributed by atoms with Gasteiger partial charge < -0.3 is 5.32 Å². The van der Waals surface area contributed by atoms with Crippen LogP contribution in [0.5, 0.6) is 0 Å². The molecule has 7 heteroatoms. The van der Waals surface area contributed by atoms with Crippen molar-refractivity contribution in [1.29, 1.82) is 0 Å². The lowest BCUT2D eigenvalue weighted by atomic mass is 10.5. The van der Waals surface area contributed by atoms with E-state index in [4.69, 9.17) is 0 Å². The summed E-state index contributed by atoms with van der Waals surface area (Å²) >= 11 is 3.22. The van der Waals surface area contributed by atoms with Crippen molar-refractivity contribution in [2.45, 2.75) is 6.54 Å². The first kappa shape index (κ1) is 10.0. The molecule has 0 bridgehead atoms. The zero-order valence-electron chi connectivity index (χ0n) is 8.05. The highest BCUT2D eigenvalue weighted by atomic mass is 79.9. The maximum atomic E-state index is 4.13. The molecule has 0 aliphatic rings. The van der Waals surface area contributed by atoms with E-state index in [2.05, 4.69) is 41.3 Å². The number of nitrogens with zero attached hydrogens (tertiary/aromatic N) is 5. The molecule has 2 aromatic heterocycles. The monoisotopic (exact) mass is 268 g/mol. The van der Waals surface area contributed by atoms with Crippen LogP contribution < -0.4 is 5.32 Å². The molecule has 0 fully saturated rings. The highest BCUT2D eigenvalue weighted by Gasteiger charge is 1.99. The number of hydrogen-bond donors (Lipinski definition) is 1. The molecule has 0 saturated heterocycles. The van der Waals surface area contributed by atoms with Gasteiger partial charge in [-0.1, -0.05) is 0 Å². The predicted molar refractivity (Wildman–Crippen MR) is 58.1 cm³/mol. The van der Waals surface area contributed by atoms with E-state index in [1.54, 1.807) is 23.4 Å². The third kappa shape index (κ3) is 2.72. The summed E-state index contributed by atoms with van der Waals surface area (Å²) in [6, 6.07) is 0. The van der Waals surface area contributed by atoms with Crippen LogP contribution in [0.2, 0.25) is 0 Å². The van der Waals surface area contributed by atoms with Crippen LogP contribution in [0.4, 0.5) is 5.82 Å². The molecule has 6 nitrogen and oxygen atoms in total. The summed E-state index contributed by atoms with van der Waals surface area (Å²) in [5.74, 6) is 1.42. The average Bonchev–Trinajstić information content (AvgIpc) is 2.64. The molecule has 0 spiro atoms. The summed E-state index contributed by atoms with van der Waals surface area (Å²) < 4.78 is 2.37. The molecule has 78 valence electrons. The number of anilines is 1. The normalized spacial score (nSPS) is 10.3. The minimum atomic E-state index is 0.539. The fraction of sp³-hybridized carbons (Fsp3) is 0.250. The van der Waals surface area contributed by atoms with Crippen molar-refractivity contribution in [2.24, 2.45) is 7.05 Å². The van der Waals surface area contributed by atoms with Gasteiger partial charge in [0.2, 0.25) is 0 Å². The third-order valence-electron chi connectivity index (χ3n) is 1.69. The van der Waals surface area contributed by atoms with Gasteiger partial charge >= 0.3 is 0 Å². The predicted octanol–water partition coefficient (Wildman–Crippen LogP) is 0.980. The molecule has 0 saturated carbocycles. The standard InChI is InChI=1S/C8H9BrN6/c1-15-5-13-8(14-15)4-12-7-3-10-6(9)2-11-7/h2-3,5H,4H2,1H3,(H,11,12). The van der Waals surface area contributed by atoms with E-state index < -0.39 is 0 Å². The second kappa shape index (κ2) is 4.35. The Bertz CT molecular complexity index is 437. The van der Waals surface area contributed by atoms with E-state index >= 15 is 0 Å². The van der Waals surface area contributed by atoms with Crippen molar-refractivity contribution >= 4 is 21.7 Å². The minimum absolute atomic E-state index is 0.539. The first-order valence-electron chi connectivity index (χ1n) is 4.30. The fourth-order valence-corrected chi connectivity index (χ4v) is 1.24. The number of hydrogen-bond acceptors (Lipinski definition) is 5. The zero-order chi connectivity index (χ0) is 10.7. The van der Waals surface area contributed by atoms with Gasteiger partial charge in [0, 0.05) is 7.05 Å². The van der Waals surface area contributed by atoms with E-state index in [0.29, 0.717) is 17.0 Å². The van der Waals surface area contributed by atoms with Gasteiger partial charge in [0.05, 0.1) is 18.9 Å². The SMILES string of the molecule is Cn1cnc(CNc2cnc(Br)cn2)n1. The Labute approximate surface area is 94.9 Å². The maximum Gasteiger partial charge on any atom is 0.169 e. The third-order valence-corrected chi connectivity index (χ3v) is 2.10. The quantitative estimate of drug-likeness (QED) is 0.899. The zero-order valence-corrected chi connectivity index (χ0v) is 9.64. The van der Waals surface area contributed by atoms with E-state index in [1.165, 1.54) is 0 Å². The summed E-state index contributed by atoms with van der Waals surface area (Å²) in [5, 5.41) is 7.20. The highest BCUT2D eigenvalue weighted by Crippen LogP contribution is 2.06. The van der Waals surface area contributed by atoms with Gasteiger partial charge in [0.1, 0.15) is 16.7 Å².